The molecule has 1 atom stereocenters. The van der Waals surface area contributed by atoms with Gasteiger partial charge in [-0.15, -0.1) is 0 Å². The molecule has 9 heteroatoms. The van der Waals surface area contributed by atoms with Crippen LogP contribution < -0.4 is 15.5 Å². The molecule has 1 aliphatic rings. The van der Waals surface area contributed by atoms with Gasteiger partial charge in [0.05, 0.1) is 18.3 Å². The van der Waals surface area contributed by atoms with Gasteiger partial charge in [0.15, 0.2) is 0 Å². The van der Waals surface area contributed by atoms with Gasteiger partial charge in [-0.2, -0.15) is 0 Å². The number of rotatable bonds is 10. The first kappa shape index (κ1) is 29.2. The largest absolute Gasteiger partial charge is 0.498 e. The monoisotopic (exact) mass is 545 g/mol. The van der Waals surface area contributed by atoms with Gasteiger partial charge in [-0.1, -0.05) is 72.8 Å². The van der Waals surface area contributed by atoms with Gasteiger partial charge in [0.2, 0.25) is 0 Å². The van der Waals surface area contributed by atoms with Crippen molar-refractivity contribution in [3.05, 3.63) is 95.6 Å². The number of methoxy groups -OCH3 is 1. The van der Waals surface area contributed by atoms with E-state index in [0.29, 0.717) is 11.2 Å². The summed E-state index contributed by atoms with van der Waals surface area (Å²) >= 11 is 0. The van der Waals surface area contributed by atoms with Crippen LogP contribution >= 0.6 is 0 Å². The van der Waals surface area contributed by atoms with E-state index in [9.17, 15) is 9.59 Å². The Balaban J connectivity index is 1.52. The van der Waals surface area contributed by atoms with E-state index >= 15 is 0 Å². The molecule has 0 saturated carbocycles. The normalized spacial score (nSPS) is 16.2. The van der Waals surface area contributed by atoms with Crippen LogP contribution in [0.25, 0.3) is 0 Å². The van der Waals surface area contributed by atoms with E-state index in [4.69, 9.17) is 23.5 Å². The van der Waals surface area contributed by atoms with Crippen molar-refractivity contribution in [1.29, 1.82) is 0 Å². The second-order valence-corrected chi connectivity index (χ2v) is 10.7. The zero-order valence-electron chi connectivity index (χ0n) is 23.6. The number of nitrogens with one attached hydrogen (secondary N) is 1. The molecule has 0 bridgehead atoms. The Bertz CT molecular complexity index is 1280. The molecular weight excluding hydrogens is 509 g/mol. The number of ether oxygens (including phenoxy) is 3. The number of hydrogen-bond donors (Lipinski definition) is 1. The van der Waals surface area contributed by atoms with Crippen molar-refractivity contribution in [3.63, 3.8) is 0 Å². The predicted molar refractivity (Wildman–Crippen MR) is 152 cm³/mol. The van der Waals surface area contributed by atoms with Crippen molar-refractivity contribution in [2.75, 3.05) is 7.11 Å². The number of alkyl carbamates (subject to hydrolysis) is 1. The summed E-state index contributed by atoms with van der Waals surface area (Å²) in [5, 5.41) is 2.69. The summed E-state index contributed by atoms with van der Waals surface area (Å²) in [7, 11) is 0.921. The third-order valence-electron chi connectivity index (χ3n) is 7.25. The smallest absolute Gasteiger partial charge is 0.497 e. The molecule has 210 valence electrons. The molecule has 3 aromatic rings. The Morgan fingerprint density at radius 3 is 1.90 bits per heavy atom. The first-order valence-corrected chi connectivity index (χ1v) is 13.3. The van der Waals surface area contributed by atoms with E-state index in [1.807, 2.05) is 100 Å². The standard InChI is InChI=1S/C31H36BNO7/c1-30(2)31(3,4)40-32(39-30)25-18-24(16-17-27(25)36-5)19-26(28(34)37-20-22-12-8-6-9-13-22)33-29(35)38-21-23-14-10-7-11-15-23/h6-18,26H,19-21H2,1-5H3,(H,33,35)/t26-/m0/s1. The van der Waals surface area contributed by atoms with Crippen LogP contribution in [0.2, 0.25) is 0 Å². The molecule has 1 amide bonds. The number of carbonyl (C=O) groups excluding carboxylic acids is 2. The van der Waals surface area contributed by atoms with Gasteiger partial charge < -0.3 is 28.8 Å². The highest BCUT2D eigenvalue weighted by molar-refractivity contribution is 6.63. The molecule has 0 unspecified atom stereocenters. The third-order valence-corrected chi connectivity index (χ3v) is 7.25. The first-order valence-electron chi connectivity index (χ1n) is 13.3. The van der Waals surface area contributed by atoms with E-state index in [1.165, 1.54) is 0 Å². The lowest BCUT2D eigenvalue weighted by molar-refractivity contribution is -0.147. The maximum absolute atomic E-state index is 13.2. The first-order chi connectivity index (χ1) is 19.1. The highest BCUT2D eigenvalue weighted by Crippen LogP contribution is 2.37. The van der Waals surface area contributed by atoms with Crippen LogP contribution in [0.15, 0.2) is 78.9 Å². The molecule has 0 radical (unpaired) electrons. The second kappa shape index (κ2) is 12.6. The van der Waals surface area contributed by atoms with Crippen molar-refractivity contribution in [2.24, 2.45) is 0 Å². The van der Waals surface area contributed by atoms with Gasteiger partial charge in [0, 0.05) is 11.9 Å². The summed E-state index contributed by atoms with van der Waals surface area (Å²) < 4.78 is 29.0. The zero-order valence-corrected chi connectivity index (χ0v) is 23.6. The minimum absolute atomic E-state index is 0.0765. The molecule has 0 aliphatic carbocycles. The van der Waals surface area contributed by atoms with Crippen molar-refractivity contribution in [1.82, 2.24) is 5.32 Å². The van der Waals surface area contributed by atoms with E-state index in [-0.39, 0.29) is 19.6 Å². The summed E-state index contributed by atoms with van der Waals surface area (Å²) in [5.74, 6) is 0.0224. The molecule has 8 nitrogen and oxygen atoms in total. The minimum atomic E-state index is -0.994. The lowest BCUT2D eigenvalue weighted by Crippen LogP contribution is -2.44. The Hall–Kier alpha value is -3.82. The maximum atomic E-state index is 13.2. The Labute approximate surface area is 236 Å². The van der Waals surface area contributed by atoms with Crippen molar-refractivity contribution >= 4 is 24.6 Å². The fraction of sp³-hybridized carbons (Fsp3) is 0.355. The van der Waals surface area contributed by atoms with Crippen LogP contribution in [-0.4, -0.2) is 43.5 Å². The lowest BCUT2D eigenvalue weighted by atomic mass is 9.77. The quantitative estimate of drug-likeness (QED) is 0.295. The minimum Gasteiger partial charge on any atom is -0.497 e. The zero-order chi connectivity index (χ0) is 28.8. The SMILES string of the molecule is COc1ccc(C[C@H](NC(=O)OCc2ccccc2)C(=O)OCc2ccccc2)cc1B1OC(C)(C)C(C)(C)O1. The highest BCUT2D eigenvalue weighted by Gasteiger charge is 2.52. The average molecular weight is 545 g/mol. The summed E-state index contributed by atoms with van der Waals surface area (Å²) in [6.45, 7) is 8.08. The van der Waals surface area contributed by atoms with E-state index < -0.39 is 36.4 Å². The van der Waals surface area contributed by atoms with E-state index in [1.54, 1.807) is 13.2 Å². The molecule has 1 N–H and O–H groups in total. The van der Waals surface area contributed by atoms with E-state index in [2.05, 4.69) is 5.32 Å². The third kappa shape index (κ3) is 7.22. The summed E-state index contributed by atoms with van der Waals surface area (Å²) in [5.41, 5.74) is 2.06. The number of esters is 1. The van der Waals surface area contributed by atoms with E-state index in [0.717, 1.165) is 16.7 Å². The Morgan fingerprint density at radius 2 is 1.35 bits per heavy atom. The molecule has 1 fully saturated rings. The highest BCUT2D eigenvalue weighted by atomic mass is 16.7. The Kier molecular flexibility index (Phi) is 9.17. The number of benzene rings is 3. The van der Waals surface area contributed by atoms with Crippen LogP contribution in [0.3, 0.4) is 0 Å². The number of carbonyl (C=O) groups is 2. The van der Waals surface area contributed by atoms with Gasteiger partial charge in [0.25, 0.3) is 0 Å². The van der Waals surface area contributed by atoms with Crippen LogP contribution in [0.4, 0.5) is 4.79 Å². The van der Waals surface area contributed by atoms with Gasteiger partial charge in [-0.05, 0) is 50.5 Å². The topological polar surface area (TPSA) is 92.3 Å². The van der Waals surface area contributed by atoms with Crippen molar-refractivity contribution in [2.45, 2.75) is 64.6 Å². The molecule has 3 aromatic carbocycles. The molecule has 0 spiro atoms. The number of amides is 1. The molecule has 40 heavy (non-hydrogen) atoms. The van der Waals surface area contributed by atoms with Gasteiger partial charge in [0.1, 0.15) is 25.0 Å². The molecule has 4 rings (SSSR count). The fourth-order valence-corrected chi connectivity index (χ4v) is 4.23. The average Bonchev–Trinajstić information content (AvgIpc) is 3.17. The summed E-state index contributed by atoms with van der Waals surface area (Å²) in [6.07, 6.45) is -0.560. The fourth-order valence-electron chi connectivity index (χ4n) is 4.23. The van der Waals surface area contributed by atoms with Crippen LogP contribution in [-0.2, 0) is 43.2 Å². The molecule has 1 heterocycles. The summed E-state index contributed by atoms with van der Waals surface area (Å²) in [4.78, 5) is 25.9. The van der Waals surface area contributed by atoms with Gasteiger partial charge in [-0.3, -0.25) is 0 Å². The van der Waals surface area contributed by atoms with Crippen molar-refractivity contribution in [3.8, 4) is 5.75 Å². The molecule has 0 aromatic heterocycles. The van der Waals surface area contributed by atoms with Crippen LogP contribution in [0.1, 0.15) is 44.4 Å². The predicted octanol–water partition coefficient (Wildman–Crippen LogP) is 4.58. The van der Waals surface area contributed by atoms with Crippen molar-refractivity contribution < 1.29 is 33.1 Å². The van der Waals surface area contributed by atoms with Crippen LogP contribution in [0.5, 0.6) is 5.75 Å². The summed E-state index contributed by atoms with van der Waals surface area (Å²) in [6, 6.07) is 23.2. The molecular formula is C31H36BNO7. The molecule has 1 aliphatic heterocycles. The maximum Gasteiger partial charge on any atom is 0.498 e. The lowest BCUT2D eigenvalue weighted by Gasteiger charge is -2.32. The van der Waals surface area contributed by atoms with Crippen LogP contribution in [0, 0.1) is 0 Å². The molecule has 1 saturated heterocycles. The van der Waals surface area contributed by atoms with Gasteiger partial charge >= 0.3 is 19.2 Å². The number of hydrogen-bond acceptors (Lipinski definition) is 7. The van der Waals surface area contributed by atoms with Gasteiger partial charge in [-0.25, -0.2) is 9.59 Å². The Morgan fingerprint density at radius 1 is 0.800 bits per heavy atom. The second-order valence-electron chi connectivity index (χ2n) is 10.7.